The first-order valence-corrected chi connectivity index (χ1v) is 10.0. The number of carboxylic acids is 2. The number of nitrogens with zero attached hydrogens (tertiary/aromatic N) is 1. The van der Waals surface area contributed by atoms with E-state index in [1.807, 2.05) is 6.92 Å². The van der Waals surface area contributed by atoms with Crippen LogP contribution < -0.4 is 21.7 Å². The summed E-state index contributed by atoms with van der Waals surface area (Å²) in [5.74, 6) is -5.32. The Morgan fingerprint density at radius 3 is 2.22 bits per heavy atom. The van der Waals surface area contributed by atoms with Gasteiger partial charge >= 0.3 is 11.9 Å². The van der Waals surface area contributed by atoms with E-state index in [1.54, 1.807) is 6.92 Å². The molecule has 0 radical (unpaired) electrons. The molecule has 5 unspecified atom stereocenters. The summed E-state index contributed by atoms with van der Waals surface area (Å²) in [6.07, 6.45) is 2.88. The Morgan fingerprint density at radius 1 is 1.06 bits per heavy atom. The molecule has 5 atom stereocenters. The van der Waals surface area contributed by atoms with E-state index < -0.39 is 60.2 Å². The Morgan fingerprint density at radius 2 is 1.72 bits per heavy atom. The van der Waals surface area contributed by atoms with E-state index in [1.165, 1.54) is 19.4 Å². The van der Waals surface area contributed by atoms with Gasteiger partial charge in [-0.25, -0.2) is 9.78 Å². The number of aromatic amines is 1. The van der Waals surface area contributed by atoms with Gasteiger partial charge in [-0.3, -0.25) is 19.2 Å². The number of H-pyrrole nitrogens is 1. The number of hydrogen-bond acceptors (Lipinski definition) is 7. The Bertz CT molecular complexity index is 813. The Balaban J connectivity index is 2.77. The number of carboxylic acid groups (broad SMARTS) is 2. The second-order valence-corrected chi connectivity index (χ2v) is 7.49. The topological polar surface area (TPSA) is 217 Å². The van der Waals surface area contributed by atoms with Gasteiger partial charge in [0.15, 0.2) is 0 Å². The molecule has 13 nitrogen and oxygen atoms in total. The minimum atomic E-state index is -1.65. The number of rotatable bonds is 13. The van der Waals surface area contributed by atoms with Crippen molar-refractivity contribution >= 4 is 29.7 Å². The molecule has 0 fully saturated rings. The molecule has 0 aliphatic carbocycles. The number of amides is 3. The summed E-state index contributed by atoms with van der Waals surface area (Å²) in [7, 11) is 0. The maximum atomic E-state index is 12.8. The van der Waals surface area contributed by atoms with Crippen LogP contribution in [0.1, 0.15) is 39.3 Å². The van der Waals surface area contributed by atoms with E-state index in [9.17, 15) is 24.0 Å². The van der Waals surface area contributed by atoms with Crippen molar-refractivity contribution in [3.8, 4) is 0 Å². The van der Waals surface area contributed by atoms with Gasteiger partial charge in [0.25, 0.3) is 0 Å². The second-order valence-electron chi connectivity index (χ2n) is 7.49. The lowest BCUT2D eigenvalue weighted by molar-refractivity contribution is -0.147. The van der Waals surface area contributed by atoms with Crippen molar-refractivity contribution in [2.45, 2.75) is 64.2 Å². The molecule has 1 aromatic heterocycles. The predicted molar refractivity (Wildman–Crippen MR) is 111 cm³/mol. The zero-order chi connectivity index (χ0) is 24.4. The van der Waals surface area contributed by atoms with Gasteiger partial charge in [0.1, 0.15) is 18.1 Å². The van der Waals surface area contributed by atoms with E-state index in [2.05, 4.69) is 25.9 Å². The standard InChI is InChI=1S/C19H30N6O7/c1-4-9(2)15(25-17(29)12(20)5-11-7-21-8-22-11)18(30)23-10(3)16(28)24-13(19(31)32)6-14(26)27/h7-10,12-13,15H,4-6,20H2,1-3H3,(H,21,22)(H,23,30)(H,24,28)(H,25,29)(H,26,27)(H,31,32). The van der Waals surface area contributed by atoms with Gasteiger partial charge in [-0.1, -0.05) is 20.3 Å². The first kappa shape index (κ1) is 26.6. The second kappa shape index (κ2) is 12.4. The number of aromatic nitrogens is 2. The molecule has 0 spiro atoms. The summed E-state index contributed by atoms with van der Waals surface area (Å²) in [6.45, 7) is 4.87. The number of carbonyl (C=O) groups excluding carboxylic acids is 3. The molecule has 8 N–H and O–H groups in total. The summed E-state index contributed by atoms with van der Waals surface area (Å²) in [6, 6.07) is -4.77. The third kappa shape index (κ3) is 8.34. The number of nitrogens with two attached hydrogens (primary N) is 1. The van der Waals surface area contributed by atoms with Crippen LogP contribution in [0.15, 0.2) is 12.5 Å². The average molecular weight is 454 g/mol. The maximum Gasteiger partial charge on any atom is 0.326 e. The van der Waals surface area contributed by atoms with Crippen molar-refractivity contribution in [1.82, 2.24) is 25.9 Å². The van der Waals surface area contributed by atoms with Gasteiger partial charge in [-0.2, -0.15) is 0 Å². The first-order valence-electron chi connectivity index (χ1n) is 10.0. The molecule has 1 aromatic rings. The zero-order valence-corrected chi connectivity index (χ0v) is 18.1. The van der Waals surface area contributed by atoms with Crippen molar-refractivity contribution in [2.75, 3.05) is 0 Å². The molecule has 0 saturated carbocycles. The fraction of sp³-hybridized carbons (Fsp3) is 0.579. The summed E-state index contributed by atoms with van der Waals surface area (Å²) in [5, 5.41) is 24.9. The van der Waals surface area contributed by atoms with Crippen LogP contribution >= 0.6 is 0 Å². The average Bonchev–Trinajstić information content (AvgIpc) is 3.22. The van der Waals surface area contributed by atoms with Gasteiger partial charge in [0.2, 0.25) is 17.7 Å². The Labute approximate surface area is 184 Å². The molecule has 32 heavy (non-hydrogen) atoms. The number of carbonyl (C=O) groups is 5. The van der Waals surface area contributed by atoms with Crippen LogP contribution in [0.25, 0.3) is 0 Å². The lowest BCUT2D eigenvalue weighted by Gasteiger charge is -2.26. The number of imidazole rings is 1. The smallest absolute Gasteiger partial charge is 0.326 e. The molecule has 0 aliphatic rings. The van der Waals surface area contributed by atoms with Crippen molar-refractivity contribution in [3.63, 3.8) is 0 Å². The molecule has 0 bridgehead atoms. The fourth-order valence-electron chi connectivity index (χ4n) is 2.73. The van der Waals surface area contributed by atoms with Gasteiger partial charge in [-0.15, -0.1) is 0 Å². The SMILES string of the molecule is CCC(C)C(NC(=O)C(N)Cc1cnc[nH]1)C(=O)NC(C)C(=O)NC(CC(=O)O)C(=O)O. The van der Waals surface area contributed by atoms with Gasteiger partial charge in [-0.05, 0) is 12.8 Å². The minimum absolute atomic E-state index is 0.180. The first-order chi connectivity index (χ1) is 15.0. The molecule has 3 amide bonds. The largest absolute Gasteiger partial charge is 0.481 e. The Hall–Kier alpha value is -3.48. The fourth-order valence-corrected chi connectivity index (χ4v) is 2.73. The molecule has 0 aliphatic heterocycles. The van der Waals surface area contributed by atoms with Crippen molar-refractivity contribution in [2.24, 2.45) is 11.7 Å². The van der Waals surface area contributed by atoms with Gasteiger partial charge in [0.05, 0.1) is 18.8 Å². The van der Waals surface area contributed by atoms with Crippen LogP contribution in [0.4, 0.5) is 0 Å². The third-order valence-electron chi connectivity index (χ3n) is 4.87. The van der Waals surface area contributed by atoms with Crippen LogP contribution in [0.3, 0.4) is 0 Å². The molecule has 178 valence electrons. The van der Waals surface area contributed by atoms with Gasteiger partial charge < -0.3 is 36.9 Å². The van der Waals surface area contributed by atoms with E-state index in [4.69, 9.17) is 15.9 Å². The summed E-state index contributed by atoms with van der Waals surface area (Å²) in [5.41, 5.74) is 6.56. The number of hydrogen-bond donors (Lipinski definition) is 7. The lowest BCUT2D eigenvalue weighted by Crippen LogP contribution is -2.58. The highest BCUT2D eigenvalue weighted by Gasteiger charge is 2.31. The van der Waals surface area contributed by atoms with Crippen LogP contribution in [0.2, 0.25) is 0 Å². The van der Waals surface area contributed by atoms with Crippen LogP contribution in [-0.4, -0.2) is 74.0 Å². The summed E-state index contributed by atoms with van der Waals surface area (Å²) < 4.78 is 0. The molecule has 0 aromatic carbocycles. The molecular weight excluding hydrogens is 424 g/mol. The quantitative estimate of drug-likeness (QED) is 0.181. The summed E-state index contributed by atoms with van der Waals surface area (Å²) in [4.78, 5) is 66.1. The van der Waals surface area contributed by atoms with E-state index >= 15 is 0 Å². The van der Waals surface area contributed by atoms with E-state index in [-0.39, 0.29) is 12.3 Å². The molecule has 0 saturated heterocycles. The van der Waals surface area contributed by atoms with E-state index in [0.717, 1.165) is 0 Å². The zero-order valence-electron chi connectivity index (χ0n) is 18.1. The van der Waals surface area contributed by atoms with Gasteiger partial charge in [0, 0.05) is 18.3 Å². The maximum absolute atomic E-state index is 12.8. The normalized spacial score (nSPS) is 15.5. The summed E-state index contributed by atoms with van der Waals surface area (Å²) >= 11 is 0. The third-order valence-corrected chi connectivity index (χ3v) is 4.87. The highest BCUT2D eigenvalue weighted by atomic mass is 16.4. The van der Waals surface area contributed by atoms with Crippen molar-refractivity contribution in [3.05, 3.63) is 18.2 Å². The highest BCUT2D eigenvalue weighted by molar-refractivity contribution is 5.94. The number of aliphatic carboxylic acids is 2. The monoisotopic (exact) mass is 454 g/mol. The molecule has 13 heteroatoms. The van der Waals surface area contributed by atoms with Crippen LogP contribution in [0.5, 0.6) is 0 Å². The number of nitrogens with one attached hydrogen (secondary N) is 4. The lowest BCUT2D eigenvalue weighted by atomic mass is 9.97. The molecule has 1 rings (SSSR count). The Kier molecular flexibility index (Phi) is 10.3. The molecule has 1 heterocycles. The highest BCUT2D eigenvalue weighted by Crippen LogP contribution is 2.09. The van der Waals surface area contributed by atoms with E-state index in [0.29, 0.717) is 12.1 Å². The predicted octanol–water partition coefficient (Wildman–Crippen LogP) is -1.64. The van der Waals surface area contributed by atoms with Crippen LogP contribution in [-0.2, 0) is 30.4 Å². The molecular formula is C19H30N6O7. The van der Waals surface area contributed by atoms with Crippen LogP contribution in [0, 0.1) is 5.92 Å². The minimum Gasteiger partial charge on any atom is -0.481 e. The van der Waals surface area contributed by atoms with Crippen molar-refractivity contribution < 1.29 is 34.2 Å². The van der Waals surface area contributed by atoms with Crippen molar-refractivity contribution in [1.29, 1.82) is 0 Å².